The third-order valence-electron chi connectivity index (χ3n) is 5.29. The first-order valence-electron chi connectivity index (χ1n) is 8.37. The molecule has 0 spiro atoms. The van der Waals surface area contributed by atoms with Crippen LogP contribution in [0.3, 0.4) is 0 Å². The third kappa shape index (κ3) is 4.85. The minimum absolute atomic E-state index is 0.213. The van der Waals surface area contributed by atoms with Gasteiger partial charge in [0.2, 0.25) is 0 Å². The summed E-state index contributed by atoms with van der Waals surface area (Å²) in [5, 5.41) is 10.2. The number of rotatable bonds is 4. The highest BCUT2D eigenvalue weighted by molar-refractivity contribution is 4.84. The van der Waals surface area contributed by atoms with Gasteiger partial charge in [-0.05, 0) is 57.0 Å². The first-order chi connectivity index (χ1) is 9.90. The summed E-state index contributed by atoms with van der Waals surface area (Å²) in [7, 11) is 0. The van der Waals surface area contributed by atoms with E-state index in [9.17, 15) is 18.3 Å². The molecular weight excluding hydrogens is 279 g/mol. The van der Waals surface area contributed by atoms with Crippen molar-refractivity contribution >= 4 is 0 Å². The Morgan fingerprint density at radius 3 is 2.33 bits per heavy atom. The lowest BCUT2D eigenvalue weighted by Crippen LogP contribution is -2.44. The predicted molar refractivity (Wildman–Crippen MR) is 77.0 cm³/mol. The smallest absolute Gasteiger partial charge is 0.391 e. The molecule has 0 aromatic rings. The summed E-state index contributed by atoms with van der Waals surface area (Å²) >= 11 is 0. The second kappa shape index (κ2) is 7.32. The van der Waals surface area contributed by atoms with E-state index >= 15 is 0 Å². The minimum Gasteiger partial charge on any atom is -0.393 e. The summed E-state index contributed by atoms with van der Waals surface area (Å²) < 4.78 is 38.0. The molecule has 2 rings (SSSR count). The van der Waals surface area contributed by atoms with Gasteiger partial charge in [0.25, 0.3) is 0 Å². The van der Waals surface area contributed by atoms with Crippen LogP contribution in [-0.4, -0.2) is 41.9 Å². The first kappa shape index (κ1) is 17.1. The second-order valence-corrected chi connectivity index (χ2v) is 6.91. The average molecular weight is 307 g/mol. The van der Waals surface area contributed by atoms with E-state index in [4.69, 9.17) is 0 Å². The lowest BCUT2D eigenvalue weighted by atomic mass is 9.77. The summed E-state index contributed by atoms with van der Waals surface area (Å²) in [6.07, 6.45) is 1.49. The molecule has 1 saturated carbocycles. The topological polar surface area (TPSA) is 23.5 Å². The molecule has 0 radical (unpaired) electrons. The van der Waals surface area contributed by atoms with Crippen LogP contribution in [0, 0.1) is 17.8 Å². The maximum Gasteiger partial charge on any atom is 0.391 e. The Labute approximate surface area is 125 Å². The highest BCUT2D eigenvalue weighted by Gasteiger charge is 2.41. The Balaban J connectivity index is 1.79. The lowest BCUT2D eigenvalue weighted by Gasteiger charge is -2.39. The lowest BCUT2D eigenvalue weighted by molar-refractivity contribution is -0.185. The summed E-state index contributed by atoms with van der Waals surface area (Å²) in [5.74, 6) is -0.188. The molecule has 3 unspecified atom stereocenters. The van der Waals surface area contributed by atoms with Crippen LogP contribution in [0.15, 0.2) is 0 Å². The van der Waals surface area contributed by atoms with Crippen molar-refractivity contribution in [3.63, 3.8) is 0 Å². The van der Waals surface area contributed by atoms with Crippen LogP contribution in [0.5, 0.6) is 0 Å². The molecule has 124 valence electrons. The fourth-order valence-electron chi connectivity index (χ4n) is 3.99. The molecule has 0 bridgehead atoms. The zero-order valence-corrected chi connectivity index (χ0v) is 12.9. The summed E-state index contributed by atoms with van der Waals surface area (Å²) in [6.45, 7) is 3.99. The summed E-state index contributed by atoms with van der Waals surface area (Å²) in [6, 6.07) is 0. The van der Waals surface area contributed by atoms with Crippen LogP contribution in [-0.2, 0) is 0 Å². The van der Waals surface area contributed by atoms with E-state index < -0.39 is 12.1 Å². The van der Waals surface area contributed by atoms with E-state index in [0.717, 1.165) is 25.8 Å². The van der Waals surface area contributed by atoms with Crippen LogP contribution >= 0.6 is 0 Å². The van der Waals surface area contributed by atoms with Gasteiger partial charge in [-0.25, -0.2) is 0 Å². The molecule has 1 heterocycles. The van der Waals surface area contributed by atoms with Crippen LogP contribution in [0.1, 0.15) is 51.9 Å². The van der Waals surface area contributed by atoms with E-state index in [2.05, 4.69) is 11.8 Å². The number of piperidine rings is 1. The Morgan fingerprint density at radius 2 is 1.76 bits per heavy atom. The normalized spacial score (nSPS) is 33.3. The molecular formula is C16H28F3NO. The maximum atomic E-state index is 12.7. The highest BCUT2D eigenvalue weighted by atomic mass is 19.4. The predicted octanol–water partition coefficient (Wildman–Crippen LogP) is 3.84. The van der Waals surface area contributed by atoms with Crippen molar-refractivity contribution in [1.82, 2.24) is 4.90 Å². The van der Waals surface area contributed by atoms with Gasteiger partial charge in [0, 0.05) is 6.54 Å². The van der Waals surface area contributed by atoms with Gasteiger partial charge in [-0.2, -0.15) is 13.2 Å². The van der Waals surface area contributed by atoms with Gasteiger partial charge in [0.1, 0.15) is 0 Å². The molecule has 1 aliphatic heterocycles. The van der Waals surface area contributed by atoms with Crippen molar-refractivity contribution in [2.45, 2.75) is 64.1 Å². The van der Waals surface area contributed by atoms with Crippen molar-refractivity contribution in [3.8, 4) is 0 Å². The number of nitrogens with zero attached hydrogens (tertiary/aromatic N) is 1. The number of alkyl halides is 3. The number of aliphatic hydroxyl groups excluding tert-OH is 1. The van der Waals surface area contributed by atoms with Crippen molar-refractivity contribution < 1.29 is 18.3 Å². The number of hydrogen-bond donors (Lipinski definition) is 1. The van der Waals surface area contributed by atoms with Gasteiger partial charge in [0.15, 0.2) is 0 Å². The fourth-order valence-corrected chi connectivity index (χ4v) is 3.99. The molecule has 0 aromatic heterocycles. The highest BCUT2D eigenvalue weighted by Crippen LogP contribution is 2.36. The van der Waals surface area contributed by atoms with E-state index in [1.165, 1.54) is 12.8 Å². The van der Waals surface area contributed by atoms with Crippen molar-refractivity contribution in [2.24, 2.45) is 17.8 Å². The quantitative estimate of drug-likeness (QED) is 0.853. The van der Waals surface area contributed by atoms with E-state index in [0.29, 0.717) is 19.0 Å². The zero-order valence-electron chi connectivity index (χ0n) is 12.9. The van der Waals surface area contributed by atoms with E-state index in [-0.39, 0.29) is 24.9 Å². The molecule has 2 fully saturated rings. The van der Waals surface area contributed by atoms with Gasteiger partial charge in [-0.15, -0.1) is 0 Å². The molecule has 1 N–H and O–H groups in total. The molecule has 1 aliphatic carbocycles. The van der Waals surface area contributed by atoms with E-state index in [1.807, 2.05) is 0 Å². The largest absolute Gasteiger partial charge is 0.393 e. The monoisotopic (exact) mass is 307 g/mol. The first-order valence-corrected chi connectivity index (χ1v) is 8.37. The Hall–Kier alpha value is -0.290. The van der Waals surface area contributed by atoms with Crippen LogP contribution in [0.25, 0.3) is 0 Å². The van der Waals surface area contributed by atoms with Crippen molar-refractivity contribution in [1.29, 1.82) is 0 Å². The van der Waals surface area contributed by atoms with E-state index in [1.54, 1.807) is 0 Å². The van der Waals surface area contributed by atoms with Gasteiger partial charge < -0.3 is 10.0 Å². The minimum atomic E-state index is -4.04. The number of halogens is 3. The Bertz CT molecular complexity index is 313. The number of aliphatic hydroxyl groups is 1. The molecule has 2 nitrogen and oxygen atoms in total. The third-order valence-corrected chi connectivity index (χ3v) is 5.29. The molecule has 0 aromatic carbocycles. The Kier molecular flexibility index (Phi) is 5.95. The molecule has 2 aliphatic rings. The summed E-state index contributed by atoms with van der Waals surface area (Å²) in [5.41, 5.74) is 0. The molecule has 1 saturated heterocycles. The number of hydrogen-bond acceptors (Lipinski definition) is 2. The van der Waals surface area contributed by atoms with Gasteiger partial charge in [-0.1, -0.05) is 19.8 Å². The van der Waals surface area contributed by atoms with Crippen LogP contribution in [0.2, 0.25) is 0 Å². The van der Waals surface area contributed by atoms with Gasteiger partial charge in [-0.3, -0.25) is 0 Å². The molecule has 0 amide bonds. The molecule has 21 heavy (non-hydrogen) atoms. The van der Waals surface area contributed by atoms with Crippen LogP contribution in [0.4, 0.5) is 13.2 Å². The van der Waals surface area contributed by atoms with Crippen molar-refractivity contribution in [2.75, 3.05) is 19.6 Å². The molecule has 3 atom stereocenters. The fraction of sp³-hybridized carbons (Fsp3) is 1.00. The van der Waals surface area contributed by atoms with Gasteiger partial charge >= 0.3 is 6.18 Å². The van der Waals surface area contributed by atoms with Crippen molar-refractivity contribution in [3.05, 3.63) is 0 Å². The summed E-state index contributed by atoms with van der Waals surface area (Å²) in [4.78, 5) is 2.13. The molecule has 5 heteroatoms. The van der Waals surface area contributed by atoms with Crippen LogP contribution < -0.4 is 0 Å². The average Bonchev–Trinajstić information content (AvgIpc) is 2.42. The van der Waals surface area contributed by atoms with Gasteiger partial charge in [0.05, 0.1) is 12.0 Å². The Morgan fingerprint density at radius 1 is 1.10 bits per heavy atom. The number of likely N-dealkylation sites (tertiary alicyclic amines) is 1. The SMILES string of the molecule is CCCC1CCC(O)C(CN2CCC(C(F)(F)F)CC2)C1. The second-order valence-electron chi connectivity index (χ2n) is 6.91. The standard InChI is InChI=1S/C16H28F3NO/c1-2-3-12-4-5-15(21)13(10-12)11-20-8-6-14(7-9-20)16(17,18)19/h12-15,21H,2-11H2,1H3. The maximum absolute atomic E-state index is 12.7. The zero-order chi connectivity index (χ0) is 15.5.